The van der Waals surface area contributed by atoms with E-state index in [1.807, 2.05) is 6.07 Å². The van der Waals surface area contributed by atoms with Crippen molar-refractivity contribution in [3.8, 4) is 0 Å². The maximum absolute atomic E-state index is 11.1. The topological polar surface area (TPSA) is 53.4 Å². The third kappa shape index (κ3) is 2.57. The zero-order chi connectivity index (χ0) is 12.3. The first-order chi connectivity index (χ1) is 8.22. The molecule has 0 radical (unpaired) electrons. The van der Waals surface area contributed by atoms with Gasteiger partial charge in [-0.2, -0.15) is 0 Å². The predicted molar refractivity (Wildman–Crippen MR) is 66.4 cm³/mol. The standard InChI is InChI=1S/C13H18N2O2/c1-2-10-5-8-15(9-6-10)11-4-3-7-14-12(11)13(16)17/h3-4,7,10H,2,5-6,8-9H2,1H3,(H,16,17). The van der Waals surface area contributed by atoms with E-state index in [1.165, 1.54) is 12.6 Å². The number of hydrogen-bond donors (Lipinski definition) is 1. The summed E-state index contributed by atoms with van der Waals surface area (Å²) in [5.41, 5.74) is 0.928. The van der Waals surface area contributed by atoms with Crippen molar-refractivity contribution in [2.45, 2.75) is 26.2 Å². The molecule has 2 rings (SSSR count). The first kappa shape index (κ1) is 11.9. The maximum atomic E-state index is 11.1. The predicted octanol–water partition coefficient (Wildman–Crippen LogP) is 2.41. The van der Waals surface area contributed by atoms with Crippen LogP contribution < -0.4 is 4.90 Å². The molecule has 0 amide bonds. The lowest BCUT2D eigenvalue weighted by atomic mass is 9.94. The van der Waals surface area contributed by atoms with Gasteiger partial charge in [-0.25, -0.2) is 9.78 Å². The second kappa shape index (κ2) is 5.17. The van der Waals surface area contributed by atoms with Crippen molar-refractivity contribution in [2.75, 3.05) is 18.0 Å². The highest BCUT2D eigenvalue weighted by Crippen LogP contribution is 2.26. The van der Waals surface area contributed by atoms with Gasteiger partial charge in [0.15, 0.2) is 5.69 Å². The molecule has 1 aromatic rings. The van der Waals surface area contributed by atoms with E-state index in [1.54, 1.807) is 6.07 Å². The van der Waals surface area contributed by atoms with Crippen LogP contribution in [-0.4, -0.2) is 29.1 Å². The van der Waals surface area contributed by atoms with Gasteiger partial charge in [0.25, 0.3) is 0 Å². The summed E-state index contributed by atoms with van der Waals surface area (Å²) in [6.45, 7) is 4.09. The number of aromatic carboxylic acids is 1. The summed E-state index contributed by atoms with van der Waals surface area (Å²) in [6.07, 6.45) is 5.04. The van der Waals surface area contributed by atoms with Crippen LogP contribution >= 0.6 is 0 Å². The Morgan fingerprint density at radius 2 is 2.24 bits per heavy atom. The summed E-state index contributed by atoms with van der Waals surface area (Å²) < 4.78 is 0. The molecule has 4 heteroatoms. The fourth-order valence-corrected chi connectivity index (χ4v) is 2.40. The van der Waals surface area contributed by atoms with E-state index in [9.17, 15) is 4.79 Å². The van der Waals surface area contributed by atoms with Gasteiger partial charge >= 0.3 is 5.97 Å². The molecule has 0 saturated carbocycles. The van der Waals surface area contributed by atoms with Crippen molar-refractivity contribution < 1.29 is 9.90 Å². The molecular formula is C13H18N2O2. The van der Waals surface area contributed by atoms with E-state index in [0.717, 1.165) is 37.5 Å². The fourth-order valence-electron chi connectivity index (χ4n) is 2.40. The molecule has 1 N–H and O–H groups in total. The average molecular weight is 234 g/mol. The van der Waals surface area contributed by atoms with E-state index in [4.69, 9.17) is 5.11 Å². The van der Waals surface area contributed by atoms with E-state index < -0.39 is 5.97 Å². The molecule has 1 fully saturated rings. The first-order valence-electron chi connectivity index (χ1n) is 6.15. The Hall–Kier alpha value is -1.58. The van der Waals surface area contributed by atoms with Gasteiger partial charge in [0.2, 0.25) is 0 Å². The first-order valence-corrected chi connectivity index (χ1v) is 6.15. The minimum absolute atomic E-state index is 0.169. The van der Waals surface area contributed by atoms with E-state index in [0.29, 0.717) is 0 Å². The quantitative estimate of drug-likeness (QED) is 0.872. The lowest BCUT2D eigenvalue weighted by molar-refractivity contribution is 0.0691. The lowest BCUT2D eigenvalue weighted by Gasteiger charge is -2.33. The van der Waals surface area contributed by atoms with Crippen LogP contribution in [0.25, 0.3) is 0 Å². The molecule has 0 aromatic carbocycles. The van der Waals surface area contributed by atoms with E-state index >= 15 is 0 Å². The highest BCUT2D eigenvalue weighted by molar-refractivity contribution is 5.92. The molecule has 92 valence electrons. The molecule has 0 atom stereocenters. The molecule has 0 aliphatic carbocycles. The van der Waals surface area contributed by atoms with Crippen LogP contribution in [-0.2, 0) is 0 Å². The summed E-state index contributed by atoms with van der Waals surface area (Å²) in [6, 6.07) is 3.65. The number of carboxylic acid groups (broad SMARTS) is 1. The summed E-state index contributed by atoms with van der Waals surface area (Å²) in [7, 11) is 0. The summed E-state index contributed by atoms with van der Waals surface area (Å²) in [4.78, 5) is 17.2. The third-order valence-electron chi connectivity index (χ3n) is 3.52. The highest BCUT2D eigenvalue weighted by Gasteiger charge is 2.22. The van der Waals surface area contributed by atoms with Crippen molar-refractivity contribution in [1.29, 1.82) is 0 Å². The second-order valence-corrected chi connectivity index (χ2v) is 4.51. The van der Waals surface area contributed by atoms with Gasteiger partial charge in [0.1, 0.15) is 0 Å². The van der Waals surface area contributed by atoms with E-state index in [2.05, 4.69) is 16.8 Å². The number of nitrogens with zero attached hydrogens (tertiary/aromatic N) is 2. The molecule has 2 heterocycles. The Labute approximate surface area is 101 Å². The van der Waals surface area contributed by atoms with Crippen LogP contribution in [0.3, 0.4) is 0 Å². The molecule has 1 aromatic heterocycles. The molecule has 1 aliphatic rings. The molecule has 1 aliphatic heterocycles. The normalized spacial score (nSPS) is 17.1. The number of piperidine rings is 1. The Kier molecular flexibility index (Phi) is 3.61. The molecule has 0 unspecified atom stereocenters. The number of anilines is 1. The summed E-state index contributed by atoms with van der Waals surface area (Å²) >= 11 is 0. The average Bonchev–Trinajstić information content (AvgIpc) is 2.39. The summed E-state index contributed by atoms with van der Waals surface area (Å²) in [5, 5.41) is 9.11. The Morgan fingerprint density at radius 1 is 1.53 bits per heavy atom. The van der Waals surface area contributed by atoms with Crippen molar-refractivity contribution in [3.63, 3.8) is 0 Å². The number of pyridine rings is 1. The number of carbonyl (C=O) groups is 1. The van der Waals surface area contributed by atoms with Gasteiger partial charge in [0.05, 0.1) is 5.69 Å². The molecule has 17 heavy (non-hydrogen) atoms. The van der Waals surface area contributed by atoms with Gasteiger partial charge in [-0.05, 0) is 30.9 Å². The minimum Gasteiger partial charge on any atom is -0.476 e. The van der Waals surface area contributed by atoms with Crippen LogP contribution in [0, 0.1) is 5.92 Å². The van der Waals surface area contributed by atoms with Crippen molar-refractivity contribution >= 4 is 11.7 Å². The molecule has 0 spiro atoms. The molecule has 0 bridgehead atoms. The lowest BCUT2D eigenvalue weighted by Crippen LogP contribution is -2.34. The zero-order valence-corrected chi connectivity index (χ0v) is 10.1. The number of rotatable bonds is 3. The van der Waals surface area contributed by atoms with Gasteiger partial charge in [-0.15, -0.1) is 0 Å². The largest absolute Gasteiger partial charge is 0.476 e. The fraction of sp³-hybridized carbons (Fsp3) is 0.538. The summed E-state index contributed by atoms with van der Waals surface area (Å²) in [5.74, 6) is -0.158. The Bertz CT molecular complexity index is 398. The van der Waals surface area contributed by atoms with Crippen LogP contribution in [0.5, 0.6) is 0 Å². The van der Waals surface area contributed by atoms with Gasteiger partial charge in [0, 0.05) is 19.3 Å². The number of carboxylic acids is 1. The van der Waals surface area contributed by atoms with Crippen molar-refractivity contribution in [3.05, 3.63) is 24.0 Å². The van der Waals surface area contributed by atoms with Gasteiger partial charge < -0.3 is 10.0 Å². The number of hydrogen-bond acceptors (Lipinski definition) is 3. The molecule has 4 nitrogen and oxygen atoms in total. The van der Waals surface area contributed by atoms with Crippen LogP contribution in [0.15, 0.2) is 18.3 Å². The Morgan fingerprint density at radius 3 is 2.82 bits per heavy atom. The van der Waals surface area contributed by atoms with E-state index in [-0.39, 0.29) is 5.69 Å². The van der Waals surface area contributed by atoms with Crippen molar-refractivity contribution in [2.24, 2.45) is 5.92 Å². The monoisotopic (exact) mass is 234 g/mol. The minimum atomic E-state index is -0.946. The van der Waals surface area contributed by atoms with Gasteiger partial charge in [-0.1, -0.05) is 13.3 Å². The van der Waals surface area contributed by atoms with Gasteiger partial charge in [-0.3, -0.25) is 0 Å². The Balaban J connectivity index is 2.15. The highest BCUT2D eigenvalue weighted by atomic mass is 16.4. The zero-order valence-electron chi connectivity index (χ0n) is 10.1. The van der Waals surface area contributed by atoms with Crippen LogP contribution in [0.4, 0.5) is 5.69 Å². The molecular weight excluding hydrogens is 216 g/mol. The van der Waals surface area contributed by atoms with Crippen LogP contribution in [0.1, 0.15) is 36.7 Å². The van der Waals surface area contributed by atoms with Crippen LogP contribution in [0.2, 0.25) is 0 Å². The second-order valence-electron chi connectivity index (χ2n) is 4.51. The third-order valence-corrected chi connectivity index (χ3v) is 3.52. The number of aromatic nitrogens is 1. The molecule has 1 saturated heterocycles. The maximum Gasteiger partial charge on any atom is 0.356 e. The van der Waals surface area contributed by atoms with Crippen molar-refractivity contribution in [1.82, 2.24) is 4.98 Å². The smallest absolute Gasteiger partial charge is 0.356 e. The SMILES string of the molecule is CCC1CCN(c2cccnc2C(=O)O)CC1.